The first kappa shape index (κ1) is 14.5. The van der Waals surface area contributed by atoms with E-state index in [1.165, 1.54) is 0 Å². The van der Waals surface area contributed by atoms with E-state index in [-0.39, 0.29) is 0 Å². The third-order valence-corrected chi connectivity index (χ3v) is 3.58. The highest BCUT2D eigenvalue weighted by Crippen LogP contribution is 2.68. The van der Waals surface area contributed by atoms with Gasteiger partial charge in [-0.2, -0.15) is 35.1 Å². The van der Waals surface area contributed by atoms with Gasteiger partial charge in [0.25, 0.3) is 0 Å². The van der Waals surface area contributed by atoms with Gasteiger partial charge < -0.3 is 0 Å². The van der Waals surface area contributed by atoms with Crippen LogP contribution in [-0.4, -0.2) is 18.3 Å². The topological polar surface area (TPSA) is 0 Å². The Bertz CT molecular complexity index is 301. The number of hydrogen-bond acceptors (Lipinski definition) is 0. The maximum atomic E-state index is 12.9. The van der Waals surface area contributed by atoms with Crippen LogP contribution in [0, 0.1) is 17.3 Å². The molecule has 3 atom stereocenters. The Morgan fingerprint density at radius 1 is 1.00 bits per heavy atom. The van der Waals surface area contributed by atoms with Crippen LogP contribution in [0.15, 0.2) is 0 Å². The number of rotatable bonds is 2. The van der Waals surface area contributed by atoms with E-state index in [1.54, 1.807) is 0 Å². The first-order valence-corrected chi connectivity index (χ1v) is 4.76. The van der Waals surface area contributed by atoms with Gasteiger partial charge in [0, 0.05) is 5.92 Å². The summed E-state index contributed by atoms with van der Waals surface area (Å²) in [5.41, 5.74) is -2.04. The summed E-state index contributed by atoms with van der Waals surface area (Å²) in [6, 6.07) is 0. The molecule has 102 valence electrons. The second-order valence-electron chi connectivity index (χ2n) is 4.65. The minimum Gasteiger partial charge on any atom is -0.196 e. The van der Waals surface area contributed by atoms with Crippen LogP contribution in [0.2, 0.25) is 0 Å². The van der Waals surface area contributed by atoms with Crippen LogP contribution in [0.3, 0.4) is 0 Å². The van der Waals surface area contributed by atoms with E-state index >= 15 is 0 Å². The smallest absolute Gasteiger partial charge is 0.196 e. The van der Waals surface area contributed by atoms with E-state index in [9.17, 15) is 35.1 Å². The average molecular weight is 270 g/mol. The molecule has 0 nitrogen and oxygen atoms in total. The highest BCUT2D eigenvalue weighted by molar-refractivity contribution is 5.11. The van der Waals surface area contributed by atoms with E-state index < -0.39 is 41.9 Å². The van der Waals surface area contributed by atoms with Gasteiger partial charge >= 0.3 is 18.3 Å². The van der Waals surface area contributed by atoms with Crippen molar-refractivity contribution in [2.45, 2.75) is 38.5 Å². The standard InChI is InChI=1S/C9H10F8/c1-4(8(12,13)14)6(2)3-5(6)7(10,11)9(15,16)17/h4-5H,3H2,1-2H3. The van der Waals surface area contributed by atoms with Crippen molar-refractivity contribution in [1.29, 1.82) is 0 Å². The summed E-state index contributed by atoms with van der Waals surface area (Å²) in [6.45, 7) is 1.45. The zero-order valence-corrected chi connectivity index (χ0v) is 8.89. The predicted molar refractivity (Wildman–Crippen MR) is 42.4 cm³/mol. The number of halogens is 8. The van der Waals surface area contributed by atoms with Gasteiger partial charge in [0.15, 0.2) is 0 Å². The third-order valence-electron chi connectivity index (χ3n) is 3.58. The molecule has 1 saturated carbocycles. The Hall–Kier alpha value is -0.560. The van der Waals surface area contributed by atoms with Gasteiger partial charge in [-0.05, 0) is 11.8 Å². The van der Waals surface area contributed by atoms with Crippen LogP contribution in [0.5, 0.6) is 0 Å². The zero-order valence-electron chi connectivity index (χ0n) is 8.89. The van der Waals surface area contributed by atoms with E-state index in [2.05, 4.69) is 0 Å². The molecule has 0 N–H and O–H groups in total. The monoisotopic (exact) mass is 270 g/mol. The second-order valence-corrected chi connectivity index (χ2v) is 4.65. The first-order chi connectivity index (χ1) is 7.24. The quantitative estimate of drug-likeness (QED) is 0.652. The maximum Gasteiger partial charge on any atom is 0.453 e. The molecular formula is C9H10F8. The molecule has 3 unspecified atom stereocenters. The largest absolute Gasteiger partial charge is 0.453 e. The number of hydrogen-bond donors (Lipinski definition) is 0. The lowest BCUT2D eigenvalue weighted by Crippen LogP contribution is -2.42. The van der Waals surface area contributed by atoms with Gasteiger partial charge in [-0.25, -0.2) is 0 Å². The van der Waals surface area contributed by atoms with Crippen molar-refractivity contribution in [2.75, 3.05) is 0 Å². The number of alkyl halides is 8. The molecule has 0 radical (unpaired) electrons. The van der Waals surface area contributed by atoms with Crippen molar-refractivity contribution in [2.24, 2.45) is 17.3 Å². The molecule has 1 rings (SSSR count). The summed E-state index contributed by atoms with van der Waals surface area (Å²) in [5.74, 6) is -9.55. The Morgan fingerprint density at radius 3 is 1.71 bits per heavy atom. The summed E-state index contributed by atoms with van der Waals surface area (Å²) >= 11 is 0. The van der Waals surface area contributed by atoms with Crippen molar-refractivity contribution in [1.82, 2.24) is 0 Å². The zero-order chi connectivity index (χ0) is 13.9. The van der Waals surface area contributed by atoms with E-state index in [0.29, 0.717) is 6.92 Å². The third kappa shape index (κ3) is 2.22. The molecule has 0 amide bonds. The van der Waals surface area contributed by atoms with Gasteiger partial charge in [-0.1, -0.05) is 13.8 Å². The van der Waals surface area contributed by atoms with Crippen LogP contribution in [-0.2, 0) is 0 Å². The molecule has 0 heterocycles. The second kappa shape index (κ2) is 3.47. The van der Waals surface area contributed by atoms with Crippen molar-refractivity contribution in [3.63, 3.8) is 0 Å². The summed E-state index contributed by atoms with van der Waals surface area (Å²) in [6.07, 6.45) is -11.4. The summed E-state index contributed by atoms with van der Waals surface area (Å²) in [5, 5.41) is 0. The Morgan fingerprint density at radius 2 is 1.41 bits per heavy atom. The lowest BCUT2D eigenvalue weighted by atomic mass is 9.88. The lowest BCUT2D eigenvalue weighted by Gasteiger charge is -2.27. The molecule has 0 aromatic carbocycles. The molecular weight excluding hydrogens is 260 g/mol. The lowest BCUT2D eigenvalue weighted by molar-refractivity contribution is -0.297. The summed E-state index contributed by atoms with van der Waals surface area (Å²) in [7, 11) is 0. The predicted octanol–water partition coefficient (Wildman–Crippen LogP) is 4.41. The molecule has 0 spiro atoms. The molecule has 1 aliphatic carbocycles. The molecule has 17 heavy (non-hydrogen) atoms. The van der Waals surface area contributed by atoms with E-state index in [0.717, 1.165) is 6.92 Å². The van der Waals surface area contributed by atoms with Gasteiger partial charge in [0.1, 0.15) is 0 Å². The highest BCUT2D eigenvalue weighted by atomic mass is 19.4. The maximum absolute atomic E-state index is 12.9. The Labute approximate surface area is 92.0 Å². The minimum absolute atomic E-state index is 0.631. The van der Waals surface area contributed by atoms with Gasteiger partial charge in [0.05, 0.1) is 5.92 Å². The molecule has 0 aromatic rings. The van der Waals surface area contributed by atoms with Crippen molar-refractivity contribution >= 4 is 0 Å². The van der Waals surface area contributed by atoms with Gasteiger partial charge in [-0.15, -0.1) is 0 Å². The van der Waals surface area contributed by atoms with Crippen LogP contribution >= 0.6 is 0 Å². The van der Waals surface area contributed by atoms with Crippen molar-refractivity contribution < 1.29 is 35.1 Å². The highest BCUT2D eigenvalue weighted by Gasteiger charge is 2.76. The molecule has 0 aliphatic heterocycles. The molecule has 0 aromatic heterocycles. The molecule has 8 heteroatoms. The van der Waals surface area contributed by atoms with Crippen LogP contribution in [0.1, 0.15) is 20.3 Å². The SMILES string of the molecule is CC(C(F)(F)F)C1(C)CC1C(F)(F)C(F)(F)F. The molecule has 0 bridgehead atoms. The van der Waals surface area contributed by atoms with E-state index in [1.807, 2.05) is 0 Å². The summed E-state index contributed by atoms with van der Waals surface area (Å²) < 4.78 is 98.7. The Kier molecular flexibility index (Phi) is 2.96. The van der Waals surface area contributed by atoms with Gasteiger partial charge in [0.2, 0.25) is 0 Å². The van der Waals surface area contributed by atoms with Crippen LogP contribution < -0.4 is 0 Å². The molecule has 1 fully saturated rings. The average Bonchev–Trinajstić information content (AvgIpc) is 2.75. The van der Waals surface area contributed by atoms with E-state index in [4.69, 9.17) is 0 Å². The summed E-state index contributed by atoms with van der Waals surface area (Å²) in [4.78, 5) is 0. The minimum atomic E-state index is -5.80. The normalized spacial score (nSPS) is 32.5. The van der Waals surface area contributed by atoms with Crippen LogP contribution in [0.4, 0.5) is 35.1 Å². The van der Waals surface area contributed by atoms with Crippen molar-refractivity contribution in [3.05, 3.63) is 0 Å². The Balaban J connectivity index is 2.90. The fourth-order valence-corrected chi connectivity index (χ4v) is 1.97. The van der Waals surface area contributed by atoms with Gasteiger partial charge in [-0.3, -0.25) is 0 Å². The molecule has 0 saturated heterocycles. The molecule has 1 aliphatic rings. The fourth-order valence-electron chi connectivity index (χ4n) is 1.97. The first-order valence-electron chi connectivity index (χ1n) is 4.76. The van der Waals surface area contributed by atoms with Crippen LogP contribution in [0.25, 0.3) is 0 Å². The fraction of sp³-hybridized carbons (Fsp3) is 1.00. The van der Waals surface area contributed by atoms with Crippen molar-refractivity contribution in [3.8, 4) is 0 Å².